The van der Waals surface area contributed by atoms with Gasteiger partial charge in [-0.2, -0.15) is 0 Å². The molecule has 0 amide bonds. The number of benzene rings is 1. The van der Waals surface area contributed by atoms with Crippen LogP contribution in [0.4, 0.5) is 5.69 Å². The molecule has 1 saturated carbocycles. The van der Waals surface area contributed by atoms with Crippen LogP contribution in [0.15, 0.2) is 35.1 Å². The van der Waals surface area contributed by atoms with Gasteiger partial charge in [-0.05, 0) is 46.5 Å². The summed E-state index contributed by atoms with van der Waals surface area (Å²) in [5, 5.41) is 3.56. The Bertz CT molecular complexity index is 647. The van der Waals surface area contributed by atoms with Crippen molar-refractivity contribution in [2.75, 3.05) is 11.4 Å². The zero-order valence-electron chi connectivity index (χ0n) is 11.9. The highest BCUT2D eigenvalue weighted by Gasteiger charge is 2.21. The summed E-state index contributed by atoms with van der Waals surface area (Å²) in [6.45, 7) is 3.88. The molecule has 0 spiro atoms. The Morgan fingerprint density at radius 2 is 2.19 bits per heavy atom. The average molecular weight is 347 g/mol. The van der Waals surface area contributed by atoms with Gasteiger partial charge in [0.05, 0.1) is 12.2 Å². The molecule has 1 aliphatic carbocycles. The summed E-state index contributed by atoms with van der Waals surface area (Å²) in [7, 11) is 0. The summed E-state index contributed by atoms with van der Waals surface area (Å²) < 4.78 is 3.41. The first-order valence-electron chi connectivity index (χ1n) is 7.56. The highest BCUT2D eigenvalue weighted by molar-refractivity contribution is 9.10. The molecule has 1 aromatic carbocycles. The van der Waals surface area contributed by atoms with E-state index in [0.717, 1.165) is 38.0 Å². The van der Waals surface area contributed by atoms with Crippen molar-refractivity contribution in [3.05, 3.63) is 46.5 Å². The number of hydrogen-bond acceptors (Lipinski definition) is 3. The lowest BCUT2D eigenvalue weighted by Crippen LogP contribution is -2.33. The molecule has 0 saturated heterocycles. The molecule has 21 heavy (non-hydrogen) atoms. The van der Waals surface area contributed by atoms with Gasteiger partial charge < -0.3 is 14.8 Å². The van der Waals surface area contributed by atoms with Crippen LogP contribution >= 0.6 is 15.9 Å². The van der Waals surface area contributed by atoms with Crippen molar-refractivity contribution in [3.63, 3.8) is 0 Å². The maximum Gasteiger partial charge on any atom is 0.128 e. The van der Waals surface area contributed by atoms with Crippen LogP contribution in [0.3, 0.4) is 0 Å². The van der Waals surface area contributed by atoms with E-state index < -0.39 is 0 Å². The zero-order valence-corrected chi connectivity index (χ0v) is 13.5. The van der Waals surface area contributed by atoms with Crippen LogP contribution in [0.1, 0.15) is 24.2 Å². The van der Waals surface area contributed by atoms with E-state index in [1.807, 2.05) is 6.20 Å². The average Bonchev–Trinajstić information content (AvgIpc) is 3.21. The molecule has 110 valence electrons. The number of fused-ring (bicyclic) bond motifs is 1. The van der Waals surface area contributed by atoms with Crippen molar-refractivity contribution in [3.8, 4) is 0 Å². The molecule has 1 aromatic heterocycles. The van der Waals surface area contributed by atoms with E-state index in [-0.39, 0.29) is 0 Å². The van der Waals surface area contributed by atoms with Crippen molar-refractivity contribution in [1.82, 2.24) is 14.9 Å². The fraction of sp³-hybridized carbons (Fsp3) is 0.438. The lowest BCUT2D eigenvalue weighted by atomic mass is 10.2. The van der Waals surface area contributed by atoms with Crippen LogP contribution in [0, 0.1) is 0 Å². The fourth-order valence-electron chi connectivity index (χ4n) is 2.85. The third kappa shape index (κ3) is 2.85. The number of imidazole rings is 1. The largest absolute Gasteiger partial charge is 0.361 e. The highest BCUT2D eigenvalue weighted by atomic mass is 79.9. The molecule has 0 radical (unpaired) electrons. The summed E-state index contributed by atoms with van der Waals surface area (Å²) in [6.07, 6.45) is 6.62. The molecule has 2 aromatic rings. The maximum absolute atomic E-state index is 4.43. The number of aromatic nitrogens is 2. The van der Waals surface area contributed by atoms with Crippen molar-refractivity contribution in [2.45, 2.75) is 38.5 Å². The molecular formula is C16H19BrN4. The zero-order chi connectivity index (χ0) is 14.2. The molecule has 0 atom stereocenters. The number of halogens is 1. The topological polar surface area (TPSA) is 33.1 Å². The summed E-state index contributed by atoms with van der Waals surface area (Å²) in [5.74, 6) is 1.15. The molecular weight excluding hydrogens is 328 g/mol. The van der Waals surface area contributed by atoms with E-state index in [0.29, 0.717) is 0 Å². The molecule has 1 fully saturated rings. The summed E-state index contributed by atoms with van der Waals surface area (Å²) in [5.41, 5.74) is 2.61. The Kier molecular flexibility index (Phi) is 3.47. The van der Waals surface area contributed by atoms with Gasteiger partial charge in [0.15, 0.2) is 0 Å². The van der Waals surface area contributed by atoms with Crippen LogP contribution in [-0.4, -0.2) is 22.1 Å². The van der Waals surface area contributed by atoms with E-state index in [1.165, 1.54) is 28.6 Å². The van der Waals surface area contributed by atoms with Gasteiger partial charge in [0.25, 0.3) is 0 Å². The second kappa shape index (κ2) is 5.46. The van der Waals surface area contributed by atoms with Crippen molar-refractivity contribution >= 4 is 21.6 Å². The first-order chi connectivity index (χ1) is 10.3. The second-order valence-electron chi connectivity index (χ2n) is 5.90. The van der Waals surface area contributed by atoms with Crippen LogP contribution in [-0.2, 0) is 19.6 Å². The van der Waals surface area contributed by atoms with Gasteiger partial charge in [-0.25, -0.2) is 4.98 Å². The smallest absolute Gasteiger partial charge is 0.128 e. The van der Waals surface area contributed by atoms with E-state index >= 15 is 0 Å². The molecule has 5 heteroatoms. The molecule has 2 heterocycles. The number of rotatable bonds is 4. The molecule has 0 bridgehead atoms. The Morgan fingerprint density at radius 3 is 3.00 bits per heavy atom. The van der Waals surface area contributed by atoms with Gasteiger partial charge in [-0.1, -0.05) is 6.07 Å². The van der Waals surface area contributed by atoms with Gasteiger partial charge in [0, 0.05) is 42.5 Å². The first kappa shape index (κ1) is 13.3. The van der Waals surface area contributed by atoms with Gasteiger partial charge in [0.2, 0.25) is 0 Å². The summed E-state index contributed by atoms with van der Waals surface area (Å²) in [6, 6.07) is 7.46. The summed E-state index contributed by atoms with van der Waals surface area (Å²) >= 11 is 3.74. The van der Waals surface area contributed by atoms with Gasteiger partial charge in [-0.15, -0.1) is 0 Å². The predicted molar refractivity (Wildman–Crippen MR) is 87.3 cm³/mol. The number of nitrogens with zero attached hydrogens (tertiary/aromatic N) is 3. The normalized spacial score (nSPS) is 17.9. The molecule has 2 aliphatic rings. The quantitative estimate of drug-likeness (QED) is 0.923. The predicted octanol–water partition coefficient (Wildman–Crippen LogP) is 2.92. The highest BCUT2D eigenvalue weighted by Crippen LogP contribution is 2.30. The standard InChI is InChI=1S/C16H19BrN4/c17-14-9-12(10-19-13-2-3-13)1-4-15(14)21-8-7-20-6-5-18-16(20)11-21/h1,4-6,9,13,19H,2-3,7-8,10-11H2. The Labute approximate surface area is 133 Å². The molecule has 4 rings (SSSR count). The van der Waals surface area contributed by atoms with E-state index in [1.54, 1.807) is 0 Å². The van der Waals surface area contributed by atoms with Crippen molar-refractivity contribution < 1.29 is 0 Å². The SMILES string of the molecule is Brc1cc(CNC2CC2)ccc1N1CCn2ccnc2C1. The molecule has 1 N–H and O–H groups in total. The second-order valence-corrected chi connectivity index (χ2v) is 6.75. The minimum absolute atomic E-state index is 0.754. The molecule has 1 aliphatic heterocycles. The van der Waals surface area contributed by atoms with Crippen LogP contribution < -0.4 is 10.2 Å². The lowest BCUT2D eigenvalue weighted by molar-refractivity contribution is 0.559. The fourth-order valence-corrected chi connectivity index (χ4v) is 3.52. The van der Waals surface area contributed by atoms with Crippen LogP contribution in [0.2, 0.25) is 0 Å². The third-order valence-corrected chi connectivity index (χ3v) is 4.90. The monoisotopic (exact) mass is 346 g/mol. The molecule has 4 nitrogen and oxygen atoms in total. The number of hydrogen-bond donors (Lipinski definition) is 1. The Hall–Kier alpha value is -1.33. The summed E-state index contributed by atoms with van der Waals surface area (Å²) in [4.78, 5) is 6.82. The van der Waals surface area contributed by atoms with Gasteiger partial charge in [-0.3, -0.25) is 0 Å². The van der Waals surface area contributed by atoms with Crippen LogP contribution in [0.5, 0.6) is 0 Å². The number of nitrogens with one attached hydrogen (secondary N) is 1. The Morgan fingerprint density at radius 1 is 1.29 bits per heavy atom. The maximum atomic E-state index is 4.43. The van der Waals surface area contributed by atoms with Crippen molar-refractivity contribution in [2.24, 2.45) is 0 Å². The lowest BCUT2D eigenvalue weighted by Gasteiger charge is -2.30. The molecule has 0 unspecified atom stereocenters. The van der Waals surface area contributed by atoms with Crippen LogP contribution in [0.25, 0.3) is 0 Å². The van der Waals surface area contributed by atoms with Gasteiger partial charge >= 0.3 is 0 Å². The van der Waals surface area contributed by atoms with Crippen molar-refractivity contribution in [1.29, 1.82) is 0 Å². The van der Waals surface area contributed by atoms with Gasteiger partial charge in [0.1, 0.15) is 5.82 Å². The van der Waals surface area contributed by atoms with E-state index in [9.17, 15) is 0 Å². The van der Waals surface area contributed by atoms with E-state index in [4.69, 9.17) is 0 Å². The number of anilines is 1. The first-order valence-corrected chi connectivity index (χ1v) is 8.36. The van der Waals surface area contributed by atoms with E-state index in [2.05, 4.69) is 60.1 Å². The minimum Gasteiger partial charge on any atom is -0.361 e. The third-order valence-electron chi connectivity index (χ3n) is 4.27. The minimum atomic E-state index is 0.754. The Balaban J connectivity index is 1.49.